The standard InChI is InChI=1S/C18H31N5O2/c1-4-5-10-25-15-11-14(18(15,2)3)21-17(24)23-8-6-13(7-9-23)16-19-12-20-22-16/h12-15H,4-11H2,1-3H3,(H,21,24)(H,19,20,22)/t14-,15-/m1/s1. The van der Waals surface area contributed by atoms with Gasteiger partial charge in [0.25, 0.3) is 0 Å². The lowest BCUT2D eigenvalue weighted by atomic mass is 9.64. The van der Waals surface area contributed by atoms with E-state index in [9.17, 15) is 4.79 Å². The Kier molecular flexibility index (Phi) is 5.61. The number of carbonyl (C=O) groups excluding carboxylic acids is 1. The van der Waals surface area contributed by atoms with Crippen LogP contribution in [0.25, 0.3) is 0 Å². The normalized spacial score (nSPS) is 26.3. The van der Waals surface area contributed by atoms with E-state index < -0.39 is 0 Å². The van der Waals surface area contributed by atoms with E-state index >= 15 is 0 Å². The summed E-state index contributed by atoms with van der Waals surface area (Å²) in [4.78, 5) is 18.8. The highest BCUT2D eigenvalue weighted by Crippen LogP contribution is 2.43. The summed E-state index contributed by atoms with van der Waals surface area (Å²) in [7, 11) is 0. The van der Waals surface area contributed by atoms with Crippen molar-refractivity contribution in [3.8, 4) is 0 Å². The number of nitrogens with one attached hydrogen (secondary N) is 2. The molecule has 2 N–H and O–H groups in total. The molecular weight excluding hydrogens is 318 g/mol. The van der Waals surface area contributed by atoms with Gasteiger partial charge in [0.1, 0.15) is 12.2 Å². The van der Waals surface area contributed by atoms with Gasteiger partial charge in [-0.3, -0.25) is 5.10 Å². The summed E-state index contributed by atoms with van der Waals surface area (Å²) < 4.78 is 5.97. The van der Waals surface area contributed by atoms with Crippen LogP contribution in [0.15, 0.2) is 6.33 Å². The molecule has 1 saturated heterocycles. The number of urea groups is 1. The molecule has 2 atom stereocenters. The number of amides is 2. The minimum Gasteiger partial charge on any atom is -0.378 e. The van der Waals surface area contributed by atoms with Crippen LogP contribution < -0.4 is 5.32 Å². The third-order valence-corrected chi connectivity index (χ3v) is 5.89. The number of nitrogens with zero attached hydrogens (tertiary/aromatic N) is 3. The summed E-state index contributed by atoms with van der Waals surface area (Å²) in [6, 6.07) is 0.250. The second kappa shape index (κ2) is 7.72. The maximum atomic E-state index is 12.6. The second-order valence-corrected chi connectivity index (χ2v) is 7.90. The fourth-order valence-electron chi connectivity index (χ4n) is 3.79. The lowest BCUT2D eigenvalue weighted by molar-refractivity contribution is -0.115. The SMILES string of the molecule is CCCCO[C@@H]1C[C@@H](NC(=O)N2CCC(c3ncn[nH]3)CC2)C1(C)C. The first-order chi connectivity index (χ1) is 12.0. The summed E-state index contributed by atoms with van der Waals surface area (Å²) in [6.07, 6.45) is 6.82. The number of unbranched alkanes of at least 4 members (excludes halogenated alkanes) is 1. The largest absolute Gasteiger partial charge is 0.378 e. The first-order valence-corrected chi connectivity index (χ1v) is 9.54. The Hall–Kier alpha value is -1.63. The first kappa shape index (κ1) is 18.2. The Morgan fingerprint density at radius 2 is 2.20 bits per heavy atom. The highest BCUT2D eigenvalue weighted by Gasteiger charge is 2.50. The van der Waals surface area contributed by atoms with Gasteiger partial charge in [0, 0.05) is 37.1 Å². The van der Waals surface area contributed by atoms with Crippen LogP contribution in [0.5, 0.6) is 0 Å². The number of piperidine rings is 1. The third-order valence-electron chi connectivity index (χ3n) is 5.89. The average molecular weight is 349 g/mol. The molecule has 7 nitrogen and oxygen atoms in total. The van der Waals surface area contributed by atoms with Gasteiger partial charge in [-0.2, -0.15) is 5.10 Å². The number of hydrogen-bond acceptors (Lipinski definition) is 4. The van der Waals surface area contributed by atoms with E-state index in [0.29, 0.717) is 5.92 Å². The highest BCUT2D eigenvalue weighted by molar-refractivity contribution is 5.75. The third kappa shape index (κ3) is 3.97. The Balaban J connectivity index is 1.43. The molecular formula is C18H31N5O2. The molecule has 3 rings (SSSR count). The van der Waals surface area contributed by atoms with Gasteiger partial charge < -0.3 is 15.0 Å². The predicted octanol–water partition coefficient (Wildman–Crippen LogP) is 2.68. The van der Waals surface area contributed by atoms with Crippen LogP contribution in [0.3, 0.4) is 0 Å². The van der Waals surface area contributed by atoms with Crippen molar-refractivity contribution in [3.05, 3.63) is 12.2 Å². The minimum absolute atomic E-state index is 0.00155. The van der Waals surface area contributed by atoms with E-state index in [-0.39, 0.29) is 23.6 Å². The topological polar surface area (TPSA) is 83.1 Å². The van der Waals surface area contributed by atoms with Crippen molar-refractivity contribution in [2.24, 2.45) is 5.41 Å². The van der Waals surface area contributed by atoms with Crippen LogP contribution in [0, 0.1) is 5.41 Å². The monoisotopic (exact) mass is 349 g/mol. The molecule has 1 saturated carbocycles. The molecule has 0 radical (unpaired) electrons. The van der Waals surface area contributed by atoms with Gasteiger partial charge in [0.15, 0.2) is 0 Å². The Morgan fingerprint density at radius 1 is 1.44 bits per heavy atom. The molecule has 0 unspecified atom stereocenters. The van der Waals surface area contributed by atoms with E-state index in [4.69, 9.17) is 4.74 Å². The minimum atomic E-state index is 0.00155. The Labute approximate surface area is 149 Å². The van der Waals surface area contributed by atoms with Crippen molar-refractivity contribution in [2.75, 3.05) is 19.7 Å². The molecule has 25 heavy (non-hydrogen) atoms. The van der Waals surface area contributed by atoms with Crippen LogP contribution in [-0.2, 0) is 4.74 Å². The lowest BCUT2D eigenvalue weighted by Crippen LogP contribution is -2.63. The van der Waals surface area contributed by atoms with E-state index in [1.165, 1.54) is 0 Å². The van der Waals surface area contributed by atoms with Crippen molar-refractivity contribution in [1.29, 1.82) is 0 Å². The maximum Gasteiger partial charge on any atom is 0.317 e. The average Bonchev–Trinajstić information content (AvgIpc) is 3.15. The van der Waals surface area contributed by atoms with Crippen LogP contribution >= 0.6 is 0 Å². The first-order valence-electron chi connectivity index (χ1n) is 9.54. The molecule has 0 spiro atoms. The van der Waals surface area contributed by atoms with E-state index in [0.717, 1.165) is 57.6 Å². The van der Waals surface area contributed by atoms with Gasteiger partial charge in [-0.25, -0.2) is 9.78 Å². The molecule has 2 amide bonds. The molecule has 2 heterocycles. The molecule has 0 aromatic carbocycles. The van der Waals surface area contributed by atoms with Gasteiger partial charge in [-0.15, -0.1) is 0 Å². The molecule has 2 fully saturated rings. The number of likely N-dealkylation sites (tertiary alicyclic amines) is 1. The highest BCUT2D eigenvalue weighted by atomic mass is 16.5. The van der Waals surface area contributed by atoms with Gasteiger partial charge in [0.05, 0.1) is 6.10 Å². The molecule has 7 heteroatoms. The van der Waals surface area contributed by atoms with Crippen molar-refractivity contribution in [3.63, 3.8) is 0 Å². The molecule has 1 aliphatic carbocycles. The van der Waals surface area contributed by atoms with Crippen LogP contribution in [0.4, 0.5) is 4.79 Å². The quantitative estimate of drug-likeness (QED) is 0.774. The zero-order valence-electron chi connectivity index (χ0n) is 15.6. The van der Waals surface area contributed by atoms with Crippen molar-refractivity contribution < 1.29 is 9.53 Å². The molecule has 140 valence electrons. The van der Waals surface area contributed by atoms with E-state index in [1.54, 1.807) is 6.33 Å². The fourth-order valence-corrected chi connectivity index (χ4v) is 3.79. The van der Waals surface area contributed by atoms with Crippen LogP contribution in [-0.4, -0.2) is 58.0 Å². The zero-order valence-corrected chi connectivity index (χ0v) is 15.6. The summed E-state index contributed by atoms with van der Waals surface area (Å²) >= 11 is 0. The molecule has 1 aliphatic heterocycles. The molecule has 1 aromatic rings. The molecule has 0 bridgehead atoms. The van der Waals surface area contributed by atoms with Gasteiger partial charge in [0.2, 0.25) is 0 Å². The number of hydrogen-bond donors (Lipinski definition) is 2. The molecule has 2 aliphatic rings. The summed E-state index contributed by atoms with van der Waals surface area (Å²) in [6.45, 7) is 8.90. The smallest absolute Gasteiger partial charge is 0.317 e. The number of H-pyrrole nitrogens is 1. The number of aromatic nitrogens is 3. The van der Waals surface area contributed by atoms with Gasteiger partial charge in [-0.1, -0.05) is 27.2 Å². The van der Waals surface area contributed by atoms with E-state index in [2.05, 4.69) is 41.3 Å². The van der Waals surface area contributed by atoms with Gasteiger partial charge in [-0.05, 0) is 25.7 Å². The number of aromatic amines is 1. The van der Waals surface area contributed by atoms with Crippen molar-refractivity contribution in [1.82, 2.24) is 25.4 Å². The summed E-state index contributed by atoms with van der Waals surface area (Å²) in [5, 5.41) is 10.1. The predicted molar refractivity (Wildman–Crippen MR) is 95.3 cm³/mol. The van der Waals surface area contributed by atoms with Crippen molar-refractivity contribution >= 4 is 6.03 Å². The van der Waals surface area contributed by atoms with Gasteiger partial charge >= 0.3 is 6.03 Å². The summed E-state index contributed by atoms with van der Waals surface area (Å²) in [5.41, 5.74) is 0.00155. The number of rotatable bonds is 6. The van der Waals surface area contributed by atoms with Crippen LogP contribution in [0.2, 0.25) is 0 Å². The van der Waals surface area contributed by atoms with E-state index in [1.807, 2.05) is 4.90 Å². The maximum absolute atomic E-state index is 12.6. The number of carbonyl (C=O) groups is 1. The second-order valence-electron chi connectivity index (χ2n) is 7.90. The molecule has 1 aromatic heterocycles. The lowest BCUT2D eigenvalue weighted by Gasteiger charge is -2.52. The Bertz CT molecular complexity index is 552. The fraction of sp³-hybridized carbons (Fsp3) is 0.833. The van der Waals surface area contributed by atoms with Crippen molar-refractivity contribution in [2.45, 2.75) is 70.9 Å². The summed E-state index contributed by atoms with van der Waals surface area (Å²) in [5.74, 6) is 1.32. The van der Waals surface area contributed by atoms with Crippen LogP contribution in [0.1, 0.15) is 64.6 Å². The number of ether oxygens (including phenoxy) is 1. The Morgan fingerprint density at radius 3 is 2.80 bits per heavy atom. The zero-order chi connectivity index (χ0) is 17.9.